The molecule has 0 atom stereocenters. The van der Waals surface area contributed by atoms with Gasteiger partial charge in [-0.1, -0.05) is 0 Å². The lowest BCUT2D eigenvalue weighted by molar-refractivity contribution is 0.285. The molecule has 3 rings (SSSR count). The molecule has 0 heterocycles. The molecule has 0 saturated carbocycles. The lowest BCUT2D eigenvalue weighted by atomic mass is 9.73. The highest BCUT2D eigenvalue weighted by molar-refractivity contribution is 6.45. The third kappa shape index (κ3) is 4.81. The number of benzene rings is 2. The average molecular weight is 488 g/mol. The van der Waals surface area contributed by atoms with E-state index in [2.05, 4.69) is 0 Å². The summed E-state index contributed by atoms with van der Waals surface area (Å²) in [6.45, 7) is 9.90. The first-order valence-electron chi connectivity index (χ1n) is 10.7. The predicted molar refractivity (Wildman–Crippen MR) is 127 cm³/mol. The Balaban J connectivity index is 2.27. The Morgan fingerprint density at radius 2 is 0.968 bits per heavy atom. The first-order valence-corrected chi connectivity index (χ1v) is 12.1. The van der Waals surface area contributed by atoms with E-state index in [1.807, 2.05) is 52.0 Å². The summed E-state index contributed by atoms with van der Waals surface area (Å²) in [5.41, 5.74) is 4.06. The standard InChI is InChI=1S/C24H29Cl3O4/c1-5-28-19-9-14-16(11-21(19)30-7-3)23(24(26)27)17-12-22(31-8-4)20(29-6-2)10-15(17)18(14)13-25/h9-12,18,23-24H,5-8,13H2,1-4H3. The summed E-state index contributed by atoms with van der Waals surface area (Å²) in [6, 6.07) is 8.01. The van der Waals surface area contributed by atoms with E-state index < -0.39 is 4.84 Å². The van der Waals surface area contributed by atoms with Crippen molar-refractivity contribution in [1.82, 2.24) is 0 Å². The molecule has 0 spiro atoms. The van der Waals surface area contributed by atoms with Crippen LogP contribution in [0, 0.1) is 0 Å². The van der Waals surface area contributed by atoms with Crippen molar-refractivity contribution in [3.63, 3.8) is 0 Å². The van der Waals surface area contributed by atoms with Gasteiger partial charge in [0.25, 0.3) is 0 Å². The Hall–Kier alpha value is -1.49. The summed E-state index contributed by atoms with van der Waals surface area (Å²) >= 11 is 19.6. The van der Waals surface area contributed by atoms with Crippen molar-refractivity contribution < 1.29 is 18.9 Å². The fourth-order valence-corrected chi connectivity index (χ4v) is 5.05. The van der Waals surface area contributed by atoms with Crippen molar-refractivity contribution in [3.05, 3.63) is 46.5 Å². The number of hydrogen-bond donors (Lipinski definition) is 0. The zero-order valence-electron chi connectivity index (χ0n) is 18.3. The minimum atomic E-state index is -0.673. The van der Waals surface area contributed by atoms with Gasteiger partial charge in [-0.05, 0) is 74.2 Å². The van der Waals surface area contributed by atoms with Crippen LogP contribution < -0.4 is 18.9 Å². The van der Waals surface area contributed by atoms with Crippen molar-refractivity contribution in [1.29, 1.82) is 0 Å². The molecule has 0 radical (unpaired) electrons. The van der Waals surface area contributed by atoms with Crippen LogP contribution in [0.3, 0.4) is 0 Å². The normalized spacial score (nSPS) is 17.2. The first kappa shape index (κ1) is 24.2. The van der Waals surface area contributed by atoms with Crippen LogP contribution in [0.2, 0.25) is 0 Å². The van der Waals surface area contributed by atoms with Gasteiger partial charge < -0.3 is 18.9 Å². The molecular weight excluding hydrogens is 459 g/mol. The SMILES string of the molecule is CCOc1cc2c(cc1OCC)C(C(Cl)Cl)c1cc(OCC)c(OCC)cc1C2CCl. The van der Waals surface area contributed by atoms with Gasteiger partial charge in [0.15, 0.2) is 23.0 Å². The van der Waals surface area contributed by atoms with E-state index in [9.17, 15) is 0 Å². The van der Waals surface area contributed by atoms with E-state index in [4.69, 9.17) is 53.8 Å². The monoisotopic (exact) mass is 486 g/mol. The molecular formula is C24H29Cl3O4. The van der Waals surface area contributed by atoms with Gasteiger partial charge in [-0.25, -0.2) is 0 Å². The smallest absolute Gasteiger partial charge is 0.161 e. The predicted octanol–water partition coefficient (Wildman–Crippen LogP) is 6.90. The molecule has 0 aromatic heterocycles. The van der Waals surface area contributed by atoms with Crippen molar-refractivity contribution in [2.24, 2.45) is 0 Å². The molecule has 0 fully saturated rings. The second-order valence-corrected chi connectivity index (χ2v) is 8.58. The third-order valence-electron chi connectivity index (χ3n) is 5.33. The highest BCUT2D eigenvalue weighted by atomic mass is 35.5. The zero-order chi connectivity index (χ0) is 22.5. The number of halogens is 3. The summed E-state index contributed by atoms with van der Waals surface area (Å²) in [5, 5.41) is 0. The van der Waals surface area contributed by atoms with Crippen molar-refractivity contribution in [2.45, 2.75) is 44.4 Å². The number of ether oxygens (including phenoxy) is 4. The summed E-state index contributed by atoms with van der Waals surface area (Å²) < 4.78 is 23.5. The highest BCUT2D eigenvalue weighted by Gasteiger charge is 2.37. The highest BCUT2D eigenvalue weighted by Crippen LogP contribution is 2.52. The molecule has 1 aliphatic rings. The fraction of sp³-hybridized carbons (Fsp3) is 0.500. The molecule has 2 aromatic rings. The Labute approximate surface area is 199 Å². The van der Waals surface area contributed by atoms with Gasteiger partial charge in [0.1, 0.15) is 4.84 Å². The zero-order valence-corrected chi connectivity index (χ0v) is 20.6. The minimum Gasteiger partial charge on any atom is -0.490 e. The van der Waals surface area contributed by atoms with Crippen LogP contribution in [-0.4, -0.2) is 37.1 Å². The molecule has 7 heteroatoms. The molecule has 0 saturated heterocycles. The summed E-state index contributed by atoms with van der Waals surface area (Å²) in [6.07, 6.45) is 0. The number of rotatable bonds is 10. The van der Waals surface area contributed by atoms with E-state index in [0.717, 1.165) is 22.3 Å². The minimum absolute atomic E-state index is 0.0697. The van der Waals surface area contributed by atoms with Crippen molar-refractivity contribution in [3.8, 4) is 23.0 Å². The Morgan fingerprint density at radius 1 is 0.645 bits per heavy atom. The van der Waals surface area contributed by atoms with Crippen LogP contribution in [0.15, 0.2) is 24.3 Å². The molecule has 4 nitrogen and oxygen atoms in total. The summed E-state index contributed by atoms with van der Waals surface area (Å²) in [5.74, 6) is 2.79. The van der Waals surface area contributed by atoms with Gasteiger partial charge in [-0.15, -0.1) is 34.8 Å². The van der Waals surface area contributed by atoms with Gasteiger partial charge >= 0.3 is 0 Å². The van der Waals surface area contributed by atoms with Crippen LogP contribution in [0.1, 0.15) is 61.8 Å². The van der Waals surface area contributed by atoms with E-state index >= 15 is 0 Å². The van der Waals surface area contributed by atoms with Crippen LogP contribution >= 0.6 is 34.8 Å². The lowest BCUT2D eigenvalue weighted by Crippen LogP contribution is -2.24. The Morgan fingerprint density at radius 3 is 1.23 bits per heavy atom. The van der Waals surface area contributed by atoms with Gasteiger partial charge in [0, 0.05) is 17.7 Å². The third-order valence-corrected chi connectivity index (χ3v) is 6.14. The van der Waals surface area contributed by atoms with Gasteiger partial charge in [0.05, 0.1) is 26.4 Å². The maximum Gasteiger partial charge on any atom is 0.161 e. The van der Waals surface area contributed by atoms with E-state index in [1.54, 1.807) is 0 Å². The first-order chi connectivity index (χ1) is 15.0. The maximum atomic E-state index is 6.55. The van der Waals surface area contributed by atoms with E-state index in [0.29, 0.717) is 55.3 Å². The van der Waals surface area contributed by atoms with Crippen molar-refractivity contribution >= 4 is 34.8 Å². The van der Waals surface area contributed by atoms with E-state index in [1.165, 1.54) is 0 Å². The molecule has 0 bridgehead atoms. The second kappa shape index (κ2) is 10.9. The average Bonchev–Trinajstić information content (AvgIpc) is 2.73. The van der Waals surface area contributed by atoms with Crippen LogP contribution in [0.5, 0.6) is 23.0 Å². The van der Waals surface area contributed by atoms with Gasteiger partial charge in [0.2, 0.25) is 0 Å². The van der Waals surface area contributed by atoms with Crippen LogP contribution in [-0.2, 0) is 0 Å². The quantitative estimate of drug-likeness (QED) is 0.342. The van der Waals surface area contributed by atoms with Crippen LogP contribution in [0.4, 0.5) is 0 Å². The number of alkyl halides is 3. The molecule has 0 unspecified atom stereocenters. The largest absolute Gasteiger partial charge is 0.490 e. The fourth-order valence-electron chi connectivity index (χ4n) is 4.17. The summed E-state index contributed by atoms with van der Waals surface area (Å²) in [7, 11) is 0. The summed E-state index contributed by atoms with van der Waals surface area (Å²) in [4.78, 5) is -0.673. The second-order valence-electron chi connectivity index (χ2n) is 7.11. The maximum absolute atomic E-state index is 6.55. The molecule has 0 N–H and O–H groups in total. The molecule has 0 amide bonds. The van der Waals surface area contributed by atoms with Crippen LogP contribution in [0.25, 0.3) is 0 Å². The number of hydrogen-bond acceptors (Lipinski definition) is 4. The molecule has 2 aromatic carbocycles. The van der Waals surface area contributed by atoms with E-state index in [-0.39, 0.29) is 11.8 Å². The molecule has 170 valence electrons. The number of fused-ring (bicyclic) bond motifs is 2. The molecule has 31 heavy (non-hydrogen) atoms. The van der Waals surface area contributed by atoms with Gasteiger partial charge in [-0.2, -0.15) is 0 Å². The lowest BCUT2D eigenvalue weighted by Gasteiger charge is -2.35. The van der Waals surface area contributed by atoms with Gasteiger partial charge in [-0.3, -0.25) is 0 Å². The Bertz CT molecular complexity index is 833. The molecule has 1 aliphatic carbocycles. The topological polar surface area (TPSA) is 36.9 Å². The molecule has 0 aliphatic heterocycles. The Kier molecular flexibility index (Phi) is 8.49. The van der Waals surface area contributed by atoms with Crippen molar-refractivity contribution in [2.75, 3.05) is 32.3 Å².